The van der Waals surface area contributed by atoms with E-state index < -0.39 is 11.7 Å². The number of nitrogens with two attached hydrogens (primary N) is 2. The highest BCUT2D eigenvalue weighted by Crippen LogP contribution is 2.27. The van der Waals surface area contributed by atoms with Crippen LogP contribution >= 0.6 is 0 Å². The van der Waals surface area contributed by atoms with Crippen LogP contribution in [0.3, 0.4) is 0 Å². The molecule has 3 aromatic rings. The summed E-state index contributed by atoms with van der Waals surface area (Å²) in [5.41, 5.74) is 12.5. The molecule has 0 saturated carbocycles. The molecule has 3 rings (SSSR count). The Balaban J connectivity index is 1.96. The van der Waals surface area contributed by atoms with Gasteiger partial charge in [-0.05, 0) is 42.7 Å². The molecule has 9 heteroatoms. The lowest BCUT2D eigenvalue weighted by atomic mass is 10.0. The maximum Gasteiger partial charge on any atom is 0.252 e. The number of amides is 1. The van der Waals surface area contributed by atoms with Crippen LogP contribution in [0.5, 0.6) is 5.75 Å². The van der Waals surface area contributed by atoms with Crippen LogP contribution in [-0.4, -0.2) is 35.6 Å². The summed E-state index contributed by atoms with van der Waals surface area (Å²) in [6.45, 7) is 4.42. The van der Waals surface area contributed by atoms with Crippen LogP contribution in [-0.2, 0) is 0 Å². The van der Waals surface area contributed by atoms with Crippen molar-refractivity contribution in [2.75, 3.05) is 24.3 Å². The second-order valence-electron chi connectivity index (χ2n) is 7.69. The van der Waals surface area contributed by atoms with Crippen LogP contribution in [0.15, 0.2) is 36.5 Å². The Bertz CT molecular complexity index is 1090. The van der Waals surface area contributed by atoms with Gasteiger partial charge in [0, 0.05) is 18.0 Å². The van der Waals surface area contributed by atoms with Crippen LogP contribution in [0, 0.1) is 11.7 Å². The van der Waals surface area contributed by atoms with Gasteiger partial charge in [-0.3, -0.25) is 9.78 Å². The Morgan fingerprint density at radius 2 is 2.00 bits per heavy atom. The number of hydrogen-bond acceptors (Lipinski definition) is 7. The Labute approximate surface area is 180 Å². The summed E-state index contributed by atoms with van der Waals surface area (Å²) >= 11 is 0. The van der Waals surface area contributed by atoms with Crippen LogP contribution in [0.4, 0.5) is 21.7 Å². The van der Waals surface area contributed by atoms with Gasteiger partial charge in [-0.2, -0.15) is 0 Å². The Hall–Kier alpha value is -3.46. The third-order valence-electron chi connectivity index (χ3n) is 4.77. The Kier molecular flexibility index (Phi) is 6.86. The normalized spacial score (nSPS) is 12.1. The second kappa shape index (κ2) is 9.57. The van der Waals surface area contributed by atoms with Gasteiger partial charge in [-0.15, -0.1) is 0 Å². The first kappa shape index (κ1) is 22.2. The van der Waals surface area contributed by atoms with Crippen LogP contribution < -0.4 is 26.8 Å². The minimum absolute atomic E-state index is 0.000910. The van der Waals surface area contributed by atoms with Gasteiger partial charge in [0.2, 0.25) is 0 Å². The monoisotopic (exact) mass is 426 g/mol. The number of nitrogens with one attached hydrogen (secondary N) is 2. The first-order valence-corrected chi connectivity index (χ1v) is 9.98. The molecule has 0 fully saturated rings. The number of nitrogens with zero attached hydrogens (tertiary/aromatic N) is 2. The lowest BCUT2D eigenvalue weighted by Gasteiger charge is -2.21. The number of fused-ring (bicyclic) bond motifs is 1. The molecule has 1 aromatic carbocycles. The first-order valence-electron chi connectivity index (χ1n) is 9.98. The molecule has 8 nitrogen and oxygen atoms in total. The number of anilines is 3. The highest BCUT2D eigenvalue weighted by atomic mass is 19.1. The highest BCUT2D eigenvalue weighted by Gasteiger charge is 2.19. The number of carbonyl (C=O) groups is 1. The molecule has 31 heavy (non-hydrogen) atoms. The molecule has 0 unspecified atom stereocenters. The summed E-state index contributed by atoms with van der Waals surface area (Å²) in [6.07, 6.45) is 2.34. The number of benzene rings is 1. The zero-order chi connectivity index (χ0) is 22.5. The summed E-state index contributed by atoms with van der Waals surface area (Å²) in [5.74, 6) is -0.294. The highest BCUT2D eigenvalue weighted by molar-refractivity contribution is 5.99. The van der Waals surface area contributed by atoms with E-state index >= 15 is 0 Å². The number of primary amides is 1. The fourth-order valence-electron chi connectivity index (χ4n) is 3.29. The van der Waals surface area contributed by atoms with Crippen molar-refractivity contribution in [3.8, 4) is 5.75 Å². The molecule has 0 aliphatic rings. The molecule has 0 bridgehead atoms. The first-order chi connectivity index (χ1) is 14.8. The maximum atomic E-state index is 14.6. The number of ether oxygens (including phenoxy) is 1. The van der Waals surface area contributed by atoms with Gasteiger partial charge in [0.15, 0.2) is 11.6 Å². The van der Waals surface area contributed by atoms with Crippen molar-refractivity contribution in [2.45, 2.75) is 26.3 Å². The average molecular weight is 426 g/mol. The largest absolute Gasteiger partial charge is 0.497 e. The van der Waals surface area contributed by atoms with Gasteiger partial charge in [-0.25, -0.2) is 9.37 Å². The van der Waals surface area contributed by atoms with Crippen molar-refractivity contribution in [3.63, 3.8) is 0 Å². The third-order valence-corrected chi connectivity index (χ3v) is 4.77. The smallest absolute Gasteiger partial charge is 0.252 e. The molecule has 1 atom stereocenters. The number of aromatic nitrogens is 2. The van der Waals surface area contributed by atoms with Crippen molar-refractivity contribution in [2.24, 2.45) is 17.4 Å². The van der Waals surface area contributed by atoms with Crippen molar-refractivity contribution in [1.29, 1.82) is 0 Å². The lowest BCUT2D eigenvalue weighted by molar-refractivity contribution is 0.100. The van der Waals surface area contributed by atoms with Crippen LogP contribution in [0.2, 0.25) is 0 Å². The van der Waals surface area contributed by atoms with E-state index in [4.69, 9.17) is 16.2 Å². The quantitative estimate of drug-likeness (QED) is 0.413. The maximum absolute atomic E-state index is 14.6. The molecule has 0 radical (unpaired) electrons. The zero-order valence-electron chi connectivity index (χ0n) is 17.8. The lowest BCUT2D eigenvalue weighted by Crippen LogP contribution is -2.31. The van der Waals surface area contributed by atoms with E-state index in [1.165, 1.54) is 0 Å². The van der Waals surface area contributed by atoms with E-state index in [0.717, 1.165) is 23.4 Å². The number of hydrogen-bond donors (Lipinski definition) is 4. The molecule has 2 heterocycles. The standard InChI is InChI=1S/C22H27FN6O2/c1-12(2)6-14(10-24)27-22-18(23)9-17(20(25)30)21(29-22)28-15-7-13-8-16(31-3)4-5-19(13)26-11-15/h4-5,7-9,11-12,14H,6,10,24H2,1-3H3,(H2,25,30)(H2,27,28,29)/t14-/m1/s1. The third kappa shape index (κ3) is 5.37. The fraction of sp³-hybridized carbons (Fsp3) is 0.318. The van der Waals surface area contributed by atoms with Crippen molar-refractivity contribution < 1.29 is 13.9 Å². The summed E-state index contributed by atoms with van der Waals surface area (Å²) < 4.78 is 19.9. The molecule has 164 valence electrons. The average Bonchev–Trinajstić information content (AvgIpc) is 2.74. The Morgan fingerprint density at radius 1 is 1.23 bits per heavy atom. The minimum atomic E-state index is -0.798. The number of pyridine rings is 2. The van der Waals surface area contributed by atoms with E-state index in [2.05, 4.69) is 34.4 Å². The number of methoxy groups -OCH3 is 1. The van der Waals surface area contributed by atoms with Crippen LogP contribution in [0.25, 0.3) is 10.9 Å². The predicted octanol–water partition coefficient (Wildman–Crippen LogP) is 3.41. The SMILES string of the molecule is COc1ccc2ncc(Nc3nc(N[C@@H](CN)CC(C)C)c(F)cc3C(N)=O)cc2c1. The molecule has 6 N–H and O–H groups in total. The molecule has 0 aliphatic heterocycles. The van der Waals surface area contributed by atoms with Crippen molar-refractivity contribution in [1.82, 2.24) is 9.97 Å². The predicted molar refractivity (Wildman–Crippen MR) is 120 cm³/mol. The van der Waals surface area contributed by atoms with Gasteiger partial charge >= 0.3 is 0 Å². The van der Waals surface area contributed by atoms with E-state index in [0.29, 0.717) is 23.9 Å². The molecular formula is C22H27FN6O2. The Morgan fingerprint density at radius 3 is 2.65 bits per heavy atom. The molecule has 0 spiro atoms. The van der Waals surface area contributed by atoms with Gasteiger partial charge < -0.3 is 26.8 Å². The fourth-order valence-corrected chi connectivity index (χ4v) is 3.29. The summed E-state index contributed by atoms with van der Waals surface area (Å²) in [7, 11) is 1.58. The topological polar surface area (TPSA) is 128 Å². The molecular weight excluding hydrogens is 399 g/mol. The number of halogens is 1. The van der Waals surface area contributed by atoms with E-state index in [9.17, 15) is 9.18 Å². The summed E-state index contributed by atoms with van der Waals surface area (Å²) in [4.78, 5) is 20.6. The second-order valence-corrected chi connectivity index (χ2v) is 7.69. The zero-order valence-corrected chi connectivity index (χ0v) is 17.8. The van der Waals surface area contributed by atoms with Crippen molar-refractivity contribution in [3.05, 3.63) is 47.9 Å². The minimum Gasteiger partial charge on any atom is -0.497 e. The molecule has 2 aromatic heterocycles. The number of carbonyl (C=O) groups excluding carboxylic acids is 1. The van der Waals surface area contributed by atoms with Gasteiger partial charge in [0.05, 0.1) is 30.1 Å². The van der Waals surface area contributed by atoms with Crippen LogP contribution in [0.1, 0.15) is 30.6 Å². The van der Waals surface area contributed by atoms with E-state index in [-0.39, 0.29) is 23.2 Å². The van der Waals surface area contributed by atoms with E-state index in [1.54, 1.807) is 13.3 Å². The van der Waals surface area contributed by atoms with Gasteiger partial charge in [-0.1, -0.05) is 13.8 Å². The van der Waals surface area contributed by atoms with Crippen molar-refractivity contribution >= 4 is 34.1 Å². The molecule has 0 saturated heterocycles. The molecule has 1 amide bonds. The van der Waals surface area contributed by atoms with E-state index in [1.807, 2.05) is 24.3 Å². The summed E-state index contributed by atoms with van der Waals surface area (Å²) in [6, 6.07) is 8.23. The molecule has 0 aliphatic carbocycles. The number of rotatable bonds is 9. The van der Waals surface area contributed by atoms with Gasteiger partial charge in [0.1, 0.15) is 11.6 Å². The van der Waals surface area contributed by atoms with Gasteiger partial charge in [0.25, 0.3) is 5.91 Å². The summed E-state index contributed by atoms with van der Waals surface area (Å²) in [5, 5.41) is 6.88.